The quantitative estimate of drug-likeness (QED) is 0.773. The van der Waals surface area contributed by atoms with E-state index in [1.54, 1.807) is 12.1 Å². The SMILES string of the molecule is Cc1ccc(S(=O)(=O)CCn2nnc(C(=O)O)c2C(=O)O)cc1. The molecule has 2 rings (SSSR count). The van der Waals surface area contributed by atoms with Crippen LogP contribution in [0.1, 0.15) is 26.5 Å². The number of hydrogen-bond acceptors (Lipinski definition) is 6. The molecule has 0 aliphatic carbocycles. The number of carboxylic acids is 2. The monoisotopic (exact) mass is 339 g/mol. The molecule has 0 saturated heterocycles. The highest BCUT2D eigenvalue weighted by atomic mass is 32.2. The van der Waals surface area contributed by atoms with Gasteiger partial charge >= 0.3 is 11.9 Å². The second-order valence-electron chi connectivity index (χ2n) is 4.75. The summed E-state index contributed by atoms with van der Waals surface area (Å²) in [5.74, 6) is -3.52. The highest BCUT2D eigenvalue weighted by Gasteiger charge is 2.25. The zero-order valence-electron chi connectivity index (χ0n) is 12.0. The molecule has 122 valence electrons. The van der Waals surface area contributed by atoms with Gasteiger partial charge in [-0.2, -0.15) is 0 Å². The van der Waals surface area contributed by atoms with E-state index < -0.39 is 38.9 Å². The van der Waals surface area contributed by atoms with Crippen molar-refractivity contribution >= 4 is 21.8 Å². The molecule has 0 fully saturated rings. The smallest absolute Gasteiger partial charge is 0.359 e. The van der Waals surface area contributed by atoms with E-state index in [1.807, 2.05) is 6.92 Å². The summed E-state index contributed by atoms with van der Waals surface area (Å²) in [5.41, 5.74) is -0.485. The minimum Gasteiger partial charge on any atom is -0.476 e. The molecule has 0 unspecified atom stereocenters. The third kappa shape index (κ3) is 3.54. The van der Waals surface area contributed by atoms with Crippen LogP contribution in [0.15, 0.2) is 29.2 Å². The van der Waals surface area contributed by atoms with Crippen LogP contribution in [0.2, 0.25) is 0 Å². The van der Waals surface area contributed by atoms with Crippen molar-refractivity contribution < 1.29 is 28.2 Å². The molecule has 0 aliphatic heterocycles. The Labute approximate surface area is 131 Å². The number of hydrogen-bond donors (Lipinski definition) is 2. The molecule has 0 saturated carbocycles. The Kier molecular flexibility index (Phi) is 4.45. The number of nitrogens with zero attached hydrogens (tertiary/aromatic N) is 3. The van der Waals surface area contributed by atoms with Gasteiger partial charge in [-0.3, -0.25) is 0 Å². The van der Waals surface area contributed by atoms with Crippen LogP contribution >= 0.6 is 0 Å². The third-order valence-electron chi connectivity index (χ3n) is 3.09. The average Bonchev–Trinajstić information content (AvgIpc) is 2.90. The predicted octanol–water partition coefficient (Wildman–Crippen LogP) is 0.457. The van der Waals surface area contributed by atoms with Crippen molar-refractivity contribution in [2.45, 2.75) is 18.4 Å². The third-order valence-corrected chi connectivity index (χ3v) is 4.80. The lowest BCUT2D eigenvalue weighted by molar-refractivity contribution is 0.0640. The molecule has 0 aliphatic rings. The number of aryl methyl sites for hydroxylation is 2. The molecule has 0 atom stereocenters. The first kappa shape index (κ1) is 16.6. The van der Waals surface area contributed by atoms with Crippen molar-refractivity contribution in [2.75, 3.05) is 5.75 Å². The maximum Gasteiger partial charge on any atom is 0.359 e. The summed E-state index contributed by atoms with van der Waals surface area (Å²) >= 11 is 0. The van der Waals surface area contributed by atoms with Gasteiger partial charge in [0.25, 0.3) is 0 Å². The van der Waals surface area contributed by atoms with Crippen LogP contribution in [-0.4, -0.2) is 51.3 Å². The van der Waals surface area contributed by atoms with E-state index in [-0.39, 0.29) is 11.4 Å². The van der Waals surface area contributed by atoms with E-state index in [4.69, 9.17) is 10.2 Å². The number of benzene rings is 1. The normalized spacial score (nSPS) is 11.3. The van der Waals surface area contributed by atoms with E-state index in [9.17, 15) is 18.0 Å². The molecule has 2 N–H and O–H groups in total. The van der Waals surface area contributed by atoms with Gasteiger partial charge in [0.2, 0.25) is 5.69 Å². The molecule has 0 radical (unpaired) electrons. The van der Waals surface area contributed by atoms with Crippen LogP contribution in [0, 0.1) is 6.92 Å². The van der Waals surface area contributed by atoms with Crippen molar-refractivity contribution in [3.63, 3.8) is 0 Å². The molecule has 0 amide bonds. The van der Waals surface area contributed by atoms with Crippen LogP contribution in [0.25, 0.3) is 0 Å². The second-order valence-corrected chi connectivity index (χ2v) is 6.86. The number of rotatable bonds is 6. The van der Waals surface area contributed by atoms with Crippen LogP contribution in [0.5, 0.6) is 0 Å². The van der Waals surface area contributed by atoms with Crippen molar-refractivity contribution in [1.82, 2.24) is 15.0 Å². The van der Waals surface area contributed by atoms with Crippen molar-refractivity contribution in [3.8, 4) is 0 Å². The molecule has 0 spiro atoms. The Morgan fingerprint density at radius 2 is 1.74 bits per heavy atom. The highest BCUT2D eigenvalue weighted by molar-refractivity contribution is 7.91. The first-order valence-electron chi connectivity index (χ1n) is 6.42. The molecular formula is C13H13N3O6S. The summed E-state index contributed by atoms with van der Waals surface area (Å²) in [6.45, 7) is 1.50. The molecule has 1 heterocycles. The van der Waals surface area contributed by atoms with Gasteiger partial charge in [0.1, 0.15) is 0 Å². The van der Waals surface area contributed by atoms with Crippen LogP contribution in [0.4, 0.5) is 0 Å². The number of carbonyl (C=O) groups is 2. The van der Waals surface area contributed by atoms with Crippen LogP contribution in [-0.2, 0) is 16.4 Å². The van der Waals surface area contributed by atoms with Crippen molar-refractivity contribution in [1.29, 1.82) is 0 Å². The lowest BCUT2D eigenvalue weighted by Crippen LogP contribution is -2.19. The Morgan fingerprint density at radius 1 is 1.13 bits per heavy atom. The van der Waals surface area contributed by atoms with Gasteiger partial charge in [0.05, 0.1) is 17.2 Å². The van der Waals surface area contributed by atoms with E-state index in [1.165, 1.54) is 12.1 Å². The molecule has 23 heavy (non-hydrogen) atoms. The second kappa shape index (κ2) is 6.16. The number of carboxylic acid groups (broad SMARTS) is 2. The fourth-order valence-corrected chi connectivity index (χ4v) is 3.10. The van der Waals surface area contributed by atoms with Crippen molar-refractivity contribution in [3.05, 3.63) is 41.2 Å². The lowest BCUT2D eigenvalue weighted by atomic mass is 10.2. The Bertz CT molecular complexity index is 854. The fourth-order valence-electron chi connectivity index (χ4n) is 1.90. The molecule has 1 aromatic carbocycles. The van der Waals surface area contributed by atoms with E-state index in [0.29, 0.717) is 0 Å². The molecule has 9 nitrogen and oxygen atoms in total. The summed E-state index contributed by atoms with van der Waals surface area (Å²) in [4.78, 5) is 22.1. The van der Waals surface area contributed by atoms with E-state index >= 15 is 0 Å². The zero-order chi connectivity index (χ0) is 17.2. The number of aromatic carboxylic acids is 2. The average molecular weight is 339 g/mol. The van der Waals surface area contributed by atoms with Gasteiger partial charge in [0, 0.05) is 0 Å². The Balaban J connectivity index is 2.25. The summed E-state index contributed by atoms with van der Waals surface area (Å²) in [7, 11) is -3.66. The van der Waals surface area contributed by atoms with Crippen molar-refractivity contribution in [2.24, 2.45) is 0 Å². The number of aromatic nitrogens is 3. The summed E-state index contributed by atoms with van der Waals surface area (Å²) in [6.07, 6.45) is 0. The fraction of sp³-hybridized carbons (Fsp3) is 0.231. The maximum atomic E-state index is 12.2. The van der Waals surface area contributed by atoms with E-state index in [2.05, 4.69) is 10.3 Å². The maximum absolute atomic E-state index is 12.2. The van der Waals surface area contributed by atoms with Gasteiger partial charge < -0.3 is 10.2 Å². The molecule has 10 heteroatoms. The Hall–Kier alpha value is -2.75. The molecular weight excluding hydrogens is 326 g/mol. The predicted molar refractivity (Wildman–Crippen MR) is 77.2 cm³/mol. The highest BCUT2D eigenvalue weighted by Crippen LogP contribution is 2.13. The lowest BCUT2D eigenvalue weighted by Gasteiger charge is -2.06. The first-order valence-corrected chi connectivity index (χ1v) is 8.07. The summed E-state index contributed by atoms with van der Waals surface area (Å²) in [5, 5.41) is 24.6. The zero-order valence-corrected chi connectivity index (χ0v) is 12.8. The van der Waals surface area contributed by atoms with E-state index in [0.717, 1.165) is 10.2 Å². The van der Waals surface area contributed by atoms with Gasteiger partial charge in [0.15, 0.2) is 15.5 Å². The minimum atomic E-state index is -3.66. The Morgan fingerprint density at radius 3 is 2.26 bits per heavy atom. The largest absolute Gasteiger partial charge is 0.476 e. The molecule has 1 aromatic heterocycles. The van der Waals surface area contributed by atoms with Gasteiger partial charge in [-0.05, 0) is 19.1 Å². The van der Waals surface area contributed by atoms with Crippen LogP contribution in [0.3, 0.4) is 0 Å². The van der Waals surface area contributed by atoms with Crippen LogP contribution < -0.4 is 0 Å². The number of sulfone groups is 1. The minimum absolute atomic E-state index is 0.0959. The summed E-state index contributed by atoms with van der Waals surface area (Å²) in [6, 6.07) is 6.20. The topological polar surface area (TPSA) is 139 Å². The summed E-state index contributed by atoms with van der Waals surface area (Å²) < 4.78 is 25.2. The first-order chi connectivity index (χ1) is 10.7. The molecule has 2 aromatic rings. The molecule has 0 bridgehead atoms. The van der Waals surface area contributed by atoms with Gasteiger partial charge in [-0.1, -0.05) is 22.9 Å². The standard InChI is InChI=1S/C13H13N3O6S/c1-8-2-4-9(5-3-8)23(21,22)7-6-16-11(13(19)20)10(12(17)18)14-15-16/h2-5H,6-7H2,1H3,(H,17,18)(H,19,20). The van der Waals surface area contributed by atoms with Gasteiger partial charge in [-0.15, -0.1) is 5.10 Å². The van der Waals surface area contributed by atoms with Gasteiger partial charge in [-0.25, -0.2) is 22.7 Å².